The summed E-state index contributed by atoms with van der Waals surface area (Å²) < 4.78 is 5.62. The van der Waals surface area contributed by atoms with Crippen molar-refractivity contribution < 1.29 is 4.74 Å². The van der Waals surface area contributed by atoms with E-state index in [4.69, 9.17) is 4.74 Å². The van der Waals surface area contributed by atoms with Gasteiger partial charge in [-0.15, -0.1) is 0 Å². The lowest BCUT2D eigenvalue weighted by atomic mass is 9.82. The van der Waals surface area contributed by atoms with Crippen LogP contribution in [0.15, 0.2) is 18.5 Å². The largest absolute Gasteiger partial charge is 0.492 e. The second-order valence-electron chi connectivity index (χ2n) is 5.00. The molecule has 0 aliphatic rings. The maximum Gasteiger partial charge on any atom is 0.137 e. The number of nitrogens with zero attached hydrogens (tertiary/aromatic N) is 1. The van der Waals surface area contributed by atoms with Crippen molar-refractivity contribution in [1.82, 2.24) is 10.3 Å². The van der Waals surface area contributed by atoms with Gasteiger partial charge in [-0.2, -0.15) is 0 Å². The highest BCUT2D eigenvalue weighted by atomic mass is 16.5. The van der Waals surface area contributed by atoms with Gasteiger partial charge < -0.3 is 10.1 Å². The first kappa shape index (κ1) is 14.0. The minimum atomic E-state index is 0.127. The van der Waals surface area contributed by atoms with Crippen molar-refractivity contribution in [3.63, 3.8) is 0 Å². The van der Waals surface area contributed by atoms with Crippen LogP contribution in [0.4, 0.5) is 0 Å². The molecule has 1 aromatic rings. The summed E-state index contributed by atoms with van der Waals surface area (Å²) in [5.74, 6) is 0.877. The van der Waals surface area contributed by atoms with E-state index in [-0.39, 0.29) is 5.41 Å². The third-order valence-corrected chi connectivity index (χ3v) is 2.97. The van der Waals surface area contributed by atoms with Gasteiger partial charge in [-0.1, -0.05) is 20.8 Å². The molecule has 0 unspecified atom stereocenters. The van der Waals surface area contributed by atoms with Gasteiger partial charge in [0.2, 0.25) is 0 Å². The van der Waals surface area contributed by atoms with Gasteiger partial charge >= 0.3 is 0 Å². The Labute approximate surface area is 105 Å². The fourth-order valence-electron chi connectivity index (χ4n) is 1.67. The van der Waals surface area contributed by atoms with Crippen molar-refractivity contribution in [3.05, 3.63) is 24.0 Å². The summed E-state index contributed by atoms with van der Waals surface area (Å²) in [5.41, 5.74) is 1.36. The van der Waals surface area contributed by atoms with Crippen LogP contribution in [-0.4, -0.2) is 25.2 Å². The number of ether oxygens (including phenoxy) is 1. The quantitative estimate of drug-likeness (QED) is 0.790. The number of pyridine rings is 1. The molecule has 1 N–H and O–H groups in total. The van der Waals surface area contributed by atoms with Crippen LogP contribution in [0.1, 0.15) is 39.2 Å². The van der Waals surface area contributed by atoms with Crippen LogP contribution in [0, 0.1) is 0 Å². The monoisotopic (exact) mass is 236 g/mol. The summed E-state index contributed by atoms with van der Waals surface area (Å²) in [6.45, 7) is 8.35. The zero-order valence-electron chi connectivity index (χ0n) is 11.4. The molecule has 0 atom stereocenters. The van der Waals surface area contributed by atoms with E-state index in [2.05, 4.69) is 37.1 Å². The number of hydrogen-bond acceptors (Lipinski definition) is 3. The van der Waals surface area contributed by atoms with Crippen molar-refractivity contribution in [2.45, 2.75) is 39.0 Å². The van der Waals surface area contributed by atoms with Gasteiger partial charge in [0.25, 0.3) is 0 Å². The van der Waals surface area contributed by atoms with Crippen LogP contribution in [0.2, 0.25) is 0 Å². The van der Waals surface area contributed by atoms with Gasteiger partial charge in [0.15, 0.2) is 0 Å². The van der Waals surface area contributed by atoms with Gasteiger partial charge in [-0.05, 0) is 43.5 Å². The highest BCUT2D eigenvalue weighted by Crippen LogP contribution is 2.28. The van der Waals surface area contributed by atoms with Gasteiger partial charge in [0.05, 0.1) is 12.8 Å². The second-order valence-corrected chi connectivity index (χ2v) is 5.00. The van der Waals surface area contributed by atoms with Crippen LogP contribution < -0.4 is 10.1 Å². The minimum Gasteiger partial charge on any atom is -0.492 e. The molecule has 1 heterocycles. The maximum atomic E-state index is 5.62. The fraction of sp³-hybridized carbons (Fsp3) is 0.643. The van der Waals surface area contributed by atoms with Crippen molar-refractivity contribution >= 4 is 0 Å². The van der Waals surface area contributed by atoms with Crippen molar-refractivity contribution in [2.75, 3.05) is 20.2 Å². The third kappa shape index (κ3) is 4.35. The Morgan fingerprint density at radius 3 is 2.76 bits per heavy atom. The normalized spacial score (nSPS) is 11.5. The summed E-state index contributed by atoms with van der Waals surface area (Å²) in [5, 5.41) is 3.19. The average molecular weight is 236 g/mol. The summed E-state index contributed by atoms with van der Waals surface area (Å²) in [6, 6.07) is 2.11. The van der Waals surface area contributed by atoms with E-state index in [1.807, 2.05) is 13.2 Å². The number of nitrogens with one attached hydrogen (secondary N) is 1. The van der Waals surface area contributed by atoms with Gasteiger partial charge in [-0.25, -0.2) is 0 Å². The molecule has 0 spiro atoms. The first-order chi connectivity index (χ1) is 8.10. The smallest absolute Gasteiger partial charge is 0.137 e. The predicted octanol–water partition coefficient (Wildman–Crippen LogP) is 2.76. The van der Waals surface area contributed by atoms with E-state index in [0.29, 0.717) is 0 Å². The van der Waals surface area contributed by atoms with Gasteiger partial charge in [0.1, 0.15) is 5.75 Å². The molecule has 0 saturated heterocycles. The Hall–Kier alpha value is -1.09. The van der Waals surface area contributed by atoms with Crippen molar-refractivity contribution in [1.29, 1.82) is 0 Å². The molecular formula is C14H24N2O. The molecule has 0 bridgehead atoms. The number of hydrogen-bond donors (Lipinski definition) is 1. The highest BCUT2D eigenvalue weighted by molar-refractivity contribution is 5.29. The Morgan fingerprint density at radius 2 is 2.12 bits per heavy atom. The summed E-state index contributed by atoms with van der Waals surface area (Å²) in [6.07, 6.45) is 5.83. The molecule has 0 amide bonds. The molecule has 17 heavy (non-hydrogen) atoms. The molecular weight excluding hydrogens is 212 g/mol. The highest BCUT2D eigenvalue weighted by Gasteiger charge is 2.20. The van der Waals surface area contributed by atoms with Gasteiger partial charge in [-0.3, -0.25) is 4.98 Å². The first-order valence-corrected chi connectivity index (χ1v) is 6.33. The molecule has 1 rings (SSSR count). The second kappa shape index (κ2) is 6.60. The number of rotatable bonds is 7. The predicted molar refractivity (Wildman–Crippen MR) is 71.6 cm³/mol. The first-order valence-electron chi connectivity index (χ1n) is 6.33. The van der Waals surface area contributed by atoms with E-state index in [9.17, 15) is 0 Å². The SMILES string of the molecule is CCCOc1cncc(C(C)(C)CCNC)c1. The summed E-state index contributed by atoms with van der Waals surface area (Å²) in [7, 11) is 1.98. The van der Waals surface area contributed by atoms with E-state index in [0.717, 1.165) is 31.7 Å². The molecule has 96 valence electrons. The minimum absolute atomic E-state index is 0.127. The molecule has 1 aromatic heterocycles. The molecule has 0 radical (unpaired) electrons. The Balaban J connectivity index is 2.75. The zero-order valence-corrected chi connectivity index (χ0v) is 11.4. The van der Waals surface area contributed by atoms with Crippen LogP contribution in [-0.2, 0) is 5.41 Å². The molecule has 3 nitrogen and oxygen atoms in total. The van der Waals surface area contributed by atoms with Crippen molar-refractivity contribution in [3.8, 4) is 5.75 Å². The third-order valence-electron chi connectivity index (χ3n) is 2.97. The van der Waals surface area contributed by atoms with Gasteiger partial charge in [0, 0.05) is 6.20 Å². The molecule has 0 fully saturated rings. The molecule has 0 saturated carbocycles. The topological polar surface area (TPSA) is 34.1 Å². The molecule has 3 heteroatoms. The lowest BCUT2D eigenvalue weighted by Crippen LogP contribution is -2.23. The zero-order chi connectivity index (χ0) is 12.7. The number of aromatic nitrogens is 1. The van der Waals surface area contributed by atoms with E-state index < -0.39 is 0 Å². The Morgan fingerprint density at radius 1 is 1.35 bits per heavy atom. The lowest BCUT2D eigenvalue weighted by molar-refractivity contribution is 0.314. The van der Waals surface area contributed by atoms with Crippen molar-refractivity contribution in [2.24, 2.45) is 0 Å². The van der Waals surface area contributed by atoms with E-state index >= 15 is 0 Å². The molecule has 0 aliphatic heterocycles. The maximum absolute atomic E-state index is 5.62. The molecule has 0 aliphatic carbocycles. The summed E-state index contributed by atoms with van der Waals surface area (Å²) >= 11 is 0. The Bertz CT molecular complexity index is 337. The van der Waals surface area contributed by atoms with E-state index in [1.54, 1.807) is 6.20 Å². The average Bonchev–Trinajstić information content (AvgIpc) is 2.34. The molecule has 0 aromatic carbocycles. The van der Waals surface area contributed by atoms with Crippen LogP contribution in [0.25, 0.3) is 0 Å². The Kier molecular flexibility index (Phi) is 5.42. The summed E-state index contributed by atoms with van der Waals surface area (Å²) in [4.78, 5) is 4.27. The van der Waals surface area contributed by atoms with Crippen LogP contribution in [0.3, 0.4) is 0 Å². The fourth-order valence-corrected chi connectivity index (χ4v) is 1.67. The standard InChI is InChI=1S/C14H24N2O/c1-5-8-17-13-9-12(10-16-11-13)14(2,3)6-7-15-4/h9-11,15H,5-8H2,1-4H3. The van der Waals surface area contributed by atoms with Crippen LogP contribution in [0.5, 0.6) is 5.75 Å². The lowest BCUT2D eigenvalue weighted by Gasteiger charge is -2.25. The van der Waals surface area contributed by atoms with E-state index in [1.165, 1.54) is 5.56 Å². The van der Waals surface area contributed by atoms with Crippen LogP contribution >= 0.6 is 0 Å².